The first-order chi connectivity index (χ1) is 12.1. The molecule has 2 aromatic rings. The number of rotatable bonds is 4. The molecule has 0 radical (unpaired) electrons. The van der Waals surface area contributed by atoms with Gasteiger partial charge in [-0.15, -0.1) is 0 Å². The lowest BCUT2D eigenvalue weighted by molar-refractivity contribution is -0.131. The summed E-state index contributed by atoms with van der Waals surface area (Å²) >= 11 is 2.18. The van der Waals surface area contributed by atoms with Crippen LogP contribution < -0.4 is 5.32 Å². The molecule has 3 rings (SSSR count). The molecule has 1 N–H and O–H groups in total. The Kier molecular flexibility index (Phi) is 6.07. The predicted octanol–water partition coefficient (Wildman–Crippen LogP) is 3.25. The molecule has 1 saturated heterocycles. The average molecular weight is 448 g/mol. The first-order valence-electron chi connectivity index (χ1n) is 8.50. The highest BCUT2D eigenvalue weighted by Crippen LogP contribution is 2.15. The molecule has 0 bridgehead atoms. The van der Waals surface area contributed by atoms with Crippen LogP contribution in [0.5, 0.6) is 0 Å². The number of carbonyl (C=O) groups is 2. The van der Waals surface area contributed by atoms with Gasteiger partial charge in [0.25, 0.3) is 5.91 Å². The molecule has 2 amide bonds. The van der Waals surface area contributed by atoms with Crippen LogP contribution in [0.2, 0.25) is 0 Å². The van der Waals surface area contributed by atoms with Crippen LogP contribution in [0.4, 0.5) is 0 Å². The number of piperidine rings is 1. The normalized spacial score (nSPS) is 15.0. The topological polar surface area (TPSA) is 49.4 Å². The van der Waals surface area contributed by atoms with Gasteiger partial charge in [-0.05, 0) is 53.1 Å². The van der Waals surface area contributed by atoms with E-state index >= 15 is 0 Å². The minimum Gasteiger partial charge on any atom is -0.349 e. The van der Waals surface area contributed by atoms with Crippen LogP contribution in [-0.2, 0) is 11.2 Å². The summed E-state index contributed by atoms with van der Waals surface area (Å²) in [6.07, 6.45) is 2.05. The number of carbonyl (C=O) groups excluding carboxylic acids is 2. The van der Waals surface area contributed by atoms with Crippen LogP contribution in [0.25, 0.3) is 0 Å². The number of halogens is 1. The molecule has 0 spiro atoms. The maximum atomic E-state index is 12.4. The molecular weight excluding hydrogens is 427 g/mol. The Hall–Kier alpha value is -1.89. The van der Waals surface area contributed by atoms with E-state index in [9.17, 15) is 9.59 Å². The number of likely N-dealkylation sites (tertiary alicyclic amines) is 1. The Labute approximate surface area is 161 Å². The maximum absolute atomic E-state index is 12.4. The standard InChI is InChI=1S/C20H21IN2O2/c21-18-9-5-4-8-17(18)20(25)22-16-10-12-23(13-11-16)19(24)14-15-6-2-1-3-7-15/h1-9,16H,10-14H2,(H,22,25). The fourth-order valence-corrected chi connectivity index (χ4v) is 3.70. The lowest BCUT2D eigenvalue weighted by Gasteiger charge is -2.32. The van der Waals surface area contributed by atoms with Crippen molar-refractivity contribution in [3.05, 3.63) is 69.3 Å². The molecule has 25 heavy (non-hydrogen) atoms. The van der Waals surface area contributed by atoms with Gasteiger partial charge in [0.05, 0.1) is 12.0 Å². The molecule has 5 heteroatoms. The first kappa shape index (κ1) is 17.9. The predicted molar refractivity (Wildman–Crippen MR) is 106 cm³/mol. The van der Waals surface area contributed by atoms with Crippen LogP contribution in [0.3, 0.4) is 0 Å². The van der Waals surface area contributed by atoms with Crippen LogP contribution in [0.15, 0.2) is 54.6 Å². The van der Waals surface area contributed by atoms with E-state index in [-0.39, 0.29) is 17.9 Å². The Balaban J connectivity index is 1.49. The van der Waals surface area contributed by atoms with Gasteiger partial charge in [-0.2, -0.15) is 0 Å². The van der Waals surface area contributed by atoms with Gasteiger partial charge >= 0.3 is 0 Å². The molecule has 1 aliphatic rings. The van der Waals surface area contributed by atoms with Crippen molar-refractivity contribution < 1.29 is 9.59 Å². The summed E-state index contributed by atoms with van der Waals surface area (Å²) in [5.74, 6) is 0.132. The van der Waals surface area contributed by atoms with Crippen LogP contribution in [0, 0.1) is 3.57 Å². The van der Waals surface area contributed by atoms with E-state index in [1.807, 2.05) is 59.5 Å². The van der Waals surface area contributed by atoms with Crippen LogP contribution in [0.1, 0.15) is 28.8 Å². The molecule has 4 nitrogen and oxygen atoms in total. The molecule has 0 unspecified atom stereocenters. The van der Waals surface area contributed by atoms with Crippen molar-refractivity contribution in [2.75, 3.05) is 13.1 Å². The zero-order valence-corrected chi connectivity index (χ0v) is 16.1. The van der Waals surface area contributed by atoms with E-state index in [0.29, 0.717) is 25.1 Å². The third-order valence-corrected chi connectivity index (χ3v) is 5.44. The number of nitrogens with zero attached hydrogens (tertiary/aromatic N) is 1. The van der Waals surface area contributed by atoms with Crippen molar-refractivity contribution in [1.29, 1.82) is 0 Å². The lowest BCUT2D eigenvalue weighted by Crippen LogP contribution is -2.47. The minimum atomic E-state index is -0.0286. The highest BCUT2D eigenvalue weighted by molar-refractivity contribution is 14.1. The second kappa shape index (κ2) is 8.47. The summed E-state index contributed by atoms with van der Waals surface area (Å²) < 4.78 is 0.952. The van der Waals surface area contributed by atoms with Gasteiger partial charge in [-0.1, -0.05) is 42.5 Å². The Bertz CT molecular complexity index is 740. The second-order valence-corrected chi connectivity index (χ2v) is 7.43. The van der Waals surface area contributed by atoms with Gasteiger partial charge in [0.1, 0.15) is 0 Å². The zero-order chi connectivity index (χ0) is 17.6. The Morgan fingerprint density at radius 3 is 2.32 bits per heavy atom. The van der Waals surface area contributed by atoms with Crippen molar-refractivity contribution in [2.24, 2.45) is 0 Å². The lowest BCUT2D eigenvalue weighted by atomic mass is 10.0. The van der Waals surface area contributed by atoms with E-state index in [0.717, 1.165) is 22.0 Å². The van der Waals surface area contributed by atoms with Gasteiger partial charge in [0.2, 0.25) is 5.91 Å². The van der Waals surface area contributed by atoms with Crippen molar-refractivity contribution in [3.63, 3.8) is 0 Å². The van der Waals surface area contributed by atoms with E-state index in [2.05, 4.69) is 27.9 Å². The Morgan fingerprint density at radius 2 is 1.64 bits per heavy atom. The summed E-state index contributed by atoms with van der Waals surface area (Å²) in [7, 11) is 0. The fraction of sp³-hybridized carbons (Fsp3) is 0.300. The van der Waals surface area contributed by atoms with Crippen molar-refractivity contribution >= 4 is 34.4 Å². The summed E-state index contributed by atoms with van der Waals surface area (Å²) in [4.78, 5) is 26.7. The monoisotopic (exact) mass is 448 g/mol. The number of amides is 2. The molecule has 2 aromatic carbocycles. The molecule has 0 aromatic heterocycles. The van der Waals surface area contributed by atoms with E-state index < -0.39 is 0 Å². The fourth-order valence-electron chi connectivity index (χ4n) is 3.06. The van der Waals surface area contributed by atoms with Gasteiger partial charge < -0.3 is 10.2 Å². The second-order valence-electron chi connectivity index (χ2n) is 6.27. The van der Waals surface area contributed by atoms with E-state index in [4.69, 9.17) is 0 Å². The third kappa shape index (κ3) is 4.81. The van der Waals surface area contributed by atoms with Crippen molar-refractivity contribution in [2.45, 2.75) is 25.3 Å². The highest BCUT2D eigenvalue weighted by Gasteiger charge is 2.24. The van der Waals surface area contributed by atoms with Gasteiger partial charge in [-0.3, -0.25) is 9.59 Å². The Morgan fingerprint density at radius 1 is 1.00 bits per heavy atom. The van der Waals surface area contributed by atoms with Crippen molar-refractivity contribution in [1.82, 2.24) is 10.2 Å². The quantitative estimate of drug-likeness (QED) is 0.731. The largest absolute Gasteiger partial charge is 0.349 e. The van der Waals surface area contributed by atoms with E-state index in [1.165, 1.54) is 0 Å². The zero-order valence-electron chi connectivity index (χ0n) is 14.0. The average Bonchev–Trinajstić information content (AvgIpc) is 2.63. The van der Waals surface area contributed by atoms with Gasteiger partial charge in [-0.25, -0.2) is 0 Å². The SMILES string of the molecule is O=C(NC1CCN(C(=O)Cc2ccccc2)CC1)c1ccccc1I. The number of hydrogen-bond acceptors (Lipinski definition) is 2. The maximum Gasteiger partial charge on any atom is 0.252 e. The molecule has 1 aliphatic heterocycles. The molecule has 1 fully saturated rings. The van der Waals surface area contributed by atoms with E-state index in [1.54, 1.807) is 0 Å². The number of benzene rings is 2. The summed E-state index contributed by atoms with van der Waals surface area (Å²) in [6.45, 7) is 1.39. The minimum absolute atomic E-state index is 0.0286. The van der Waals surface area contributed by atoms with Crippen molar-refractivity contribution in [3.8, 4) is 0 Å². The first-order valence-corrected chi connectivity index (χ1v) is 9.58. The highest BCUT2D eigenvalue weighted by atomic mass is 127. The summed E-state index contributed by atoms with van der Waals surface area (Å²) in [5.41, 5.74) is 1.76. The van der Waals surface area contributed by atoms with Gasteiger partial charge in [0, 0.05) is 22.7 Å². The molecular formula is C20H21IN2O2. The molecule has 1 heterocycles. The van der Waals surface area contributed by atoms with Crippen LogP contribution >= 0.6 is 22.6 Å². The molecule has 130 valence electrons. The molecule has 0 atom stereocenters. The molecule has 0 saturated carbocycles. The number of nitrogens with one attached hydrogen (secondary N) is 1. The smallest absolute Gasteiger partial charge is 0.252 e. The van der Waals surface area contributed by atoms with Crippen LogP contribution in [-0.4, -0.2) is 35.8 Å². The third-order valence-electron chi connectivity index (χ3n) is 4.50. The number of hydrogen-bond donors (Lipinski definition) is 1. The summed E-state index contributed by atoms with van der Waals surface area (Å²) in [6, 6.07) is 17.5. The summed E-state index contributed by atoms with van der Waals surface area (Å²) in [5, 5.41) is 3.10. The molecule has 0 aliphatic carbocycles. The van der Waals surface area contributed by atoms with Gasteiger partial charge in [0.15, 0.2) is 0 Å².